The Kier molecular flexibility index (Phi) is 5.23. The molecule has 0 aliphatic carbocycles. The molecular weight excluding hydrogens is 190 g/mol. The highest BCUT2D eigenvalue weighted by molar-refractivity contribution is 5.94. The first-order valence-electron chi connectivity index (χ1n) is 3.88. The summed E-state index contributed by atoms with van der Waals surface area (Å²) >= 11 is 0. The number of primary amides is 1. The average molecular weight is 203 g/mol. The minimum absolute atomic E-state index is 0.181. The van der Waals surface area contributed by atoms with E-state index in [1.165, 1.54) is 14.0 Å². The summed E-state index contributed by atoms with van der Waals surface area (Å²) in [5.74, 6) is -1.09. The van der Waals surface area contributed by atoms with Crippen molar-refractivity contribution in [3.8, 4) is 0 Å². The van der Waals surface area contributed by atoms with Gasteiger partial charge in [0.25, 0.3) is 0 Å². The lowest BCUT2D eigenvalue weighted by molar-refractivity contribution is -0.142. The summed E-state index contributed by atoms with van der Waals surface area (Å²) in [6.07, 6.45) is 0. The predicted octanol–water partition coefficient (Wildman–Crippen LogP) is -1.67. The molecule has 0 heterocycles. The van der Waals surface area contributed by atoms with E-state index in [9.17, 15) is 14.4 Å². The van der Waals surface area contributed by atoms with Crippen molar-refractivity contribution in [2.75, 3.05) is 13.7 Å². The summed E-state index contributed by atoms with van der Waals surface area (Å²) in [7, 11) is 1.24. The smallest absolute Gasteiger partial charge is 0.322 e. The Hall–Kier alpha value is -1.63. The van der Waals surface area contributed by atoms with Crippen molar-refractivity contribution in [2.24, 2.45) is 5.73 Å². The lowest BCUT2D eigenvalue weighted by Crippen LogP contribution is -2.44. The molecular formula is C7H13N3O4. The summed E-state index contributed by atoms with van der Waals surface area (Å²) in [5, 5.41) is 4.38. The van der Waals surface area contributed by atoms with Crippen LogP contribution in [0.4, 0.5) is 4.79 Å². The van der Waals surface area contributed by atoms with Gasteiger partial charge in [0.1, 0.15) is 6.04 Å². The van der Waals surface area contributed by atoms with Crippen molar-refractivity contribution in [3.05, 3.63) is 0 Å². The number of rotatable bonds is 4. The number of ether oxygens (including phenoxy) is 1. The minimum atomic E-state index is -0.928. The quantitative estimate of drug-likeness (QED) is 0.473. The summed E-state index contributed by atoms with van der Waals surface area (Å²) in [6, 6.07) is -1.54. The molecule has 0 aliphatic rings. The Morgan fingerprint density at radius 2 is 2.00 bits per heavy atom. The zero-order valence-corrected chi connectivity index (χ0v) is 7.99. The Balaban J connectivity index is 3.77. The number of nitrogens with one attached hydrogen (secondary N) is 2. The van der Waals surface area contributed by atoms with Gasteiger partial charge in [0.2, 0.25) is 5.91 Å². The molecule has 0 radical (unpaired) electrons. The molecule has 0 saturated carbocycles. The number of hydrogen-bond donors (Lipinski definition) is 3. The van der Waals surface area contributed by atoms with Gasteiger partial charge in [0.05, 0.1) is 13.7 Å². The fourth-order valence-corrected chi connectivity index (χ4v) is 0.688. The van der Waals surface area contributed by atoms with Gasteiger partial charge in [0.15, 0.2) is 0 Å². The molecule has 0 rings (SSSR count). The van der Waals surface area contributed by atoms with Crippen LogP contribution in [-0.4, -0.2) is 37.6 Å². The normalized spacial score (nSPS) is 11.6. The number of carbonyl (C=O) groups is 3. The molecule has 0 fully saturated rings. The van der Waals surface area contributed by atoms with Gasteiger partial charge in [-0.25, -0.2) is 4.79 Å². The van der Waals surface area contributed by atoms with Gasteiger partial charge in [-0.15, -0.1) is 0 Å². The van der Waals surface area contributed by atoms with Gasteiger partial charge in [-0.05, 0) is 6.92 Å². The predicted molar refractivity (Wildman–Crippen MR) is 47.2 cm³/mol. The summed E-state index contributed by atoms with van der Waals surface area (Å²) in [4.78, 5) is 31.9. The zero-order valence-electron chi connectivity index (χ0n) is 7.99. The van der Waals surface area contributed by atoms with Crippen LogP contribution in [-0.2, 0) is 14.3 Å². The largest absolute Gasteiger partial charge is 0.468 e. The van der Waals surface area contributed by atoms with E-state index < -0.39 is 23.9 Å². The highest BCUT2D eigenvalue weighted by Crippen LogP contribution is 1.84. The molecule has 0 aromatic heterocycles. The van der Waals surface area contributed by atoms with E-state index in [2.05, 4.69) is 10.1 Å². The van der Waals surface area contributed by atoms with Crippen LogP contribution in [0.1, 0.15) is 6.92 Å². The molecule has 0 saturated heterocycles. The van der Waals surface area contributed by atoms with Crippen molar-refractivity contribution < 1.29 is 19.1 Å². The standard InChI is InChI=1S/C7H13N3O4/c1-4(6(12)14-2)9-3-5(11)10-7(8)13/h4,9H,3H2,1-2H3,(H3,8,10,11,13). The second-order valence-corrected chi connectivity index (χ2v) is 2.54. The molecule has 0 spiro atoms. The van der Waals surface area contributed by atoms with Gasteiger partial charge in [-0.2, -0.15) is 0 Å². The molecule has 1 unspecified atom stereocenters. The van der Waals surface area contributed by atoms with E-state index in [0.717, 1.165) is 0 Å². The number of amides is 3. The van der Waals surface area contributed by atoms with Crippen molar-refractivity contribution in [2.45, 2.75) is 13.0 Å². The first kappa shape index (κ1) is 12.4. The third kappa shape index (κ3) is 5.09. The van der Waals surface area contributed by atoms with Crippen LogP contribution in [0.25, 0.3) is 0 Å². The average Bonchev–Trinajstić information content (AvgIpc) is 2.11. The molecule has 1 atom stereocenters. The number of nitrogens with two attached hydrogens (primary N) is 1. The first-order chi connectivity index (χ1) is 6.47. The molecule has 14 heavy (non-hydrogen) atoms. The Morgan fingerprint density at radius 3 is 2.43 bits per heavy atom. The number of urea groups is 1. The maximum Gasteiger partial charge on any atom is 0.322 e. The summed E-state index contributed by atoms with van der Waals surface area (Å²) in [5.41, 5.74) is 4.70. The van der Waals surface area contributed by atoms with Crippen LogP contribution >= 0.6 is 0 Å². The van der Waals surface area contributed by atoms with Gasteiger partial charge in [0, 0.05) is 0 Å². The third-order valence-corrected chi connectivity index (χ3v) is 1.39. The van der Waals surface area contributed by atoms with Crippen molar-refractivity contribution >= 4 is 17.9 Å². The summed E-state index contributed by atoms with van der Waals surface area (Å²) in [6.45, 7) is 1.35. The zero-order chi connectivity index (χ0) is 11.1. The molecule has 7 nitrogen and oxygen atoms in total. The maximum absolute atomic E-state index is 10.8. The highest BCUT2D eigenvalue weighted by atomic mass is 16.5. The molecule has 4 N–H and O–H groups in total. The molecule has 0 aromatic rings. The lowest BCUT2D eigenvalue weighted by Gasteiger charge is -2.10. The van der Waals surface area contributed by atoms with Gasteiger partial charge < -0.3 is 10.5 Å². The number of hydrogen-bond acceptors (Lipinski definition) is 5. The van der Waals surface area contributed by atoms with Crippen LogP contribution in [0.2, 0.25) is 0 Å². The number of carbonyl (C=O) groups excluding carboxylic acids is 3. The molecule has 80 valence electrons. The molecule has 7 heteroatoms. The Morgan fingerprint density at radius 1 is 1.43 bits per heavy atom. The van der Waals surface area contributed by atoms with E-state index in [1.807, 2.05) is 5.32 Å². The van der Waals surface area contributed by atoms with E-state index in [0.29, 0.717) is 0 Å². The fourth-order valence-electron chi connectivity index (χ4n) is 0.688. The van der Waals surface area contributed by atoms with Crippen LogP contribution < -0.4 is 16.4 Å². The summed E-state index contributed by atoms with van der Waals surface area (Å²) < 4.78 is 4.40. The molecule has 3 amide bonds. The second-order valence-electron chi connectivity index (χ2n) is 2.54. The fraction of sp³-hybridized carbons (Fsp3) is 0.571. The molecule has 0 bridgehead atoms. The van der Waals surface area contributed by atoms with Crippen LogP contribution in [0.15, 0.2) is 0 Å². The van der Waals surface area contributed by atoms with E-state index >= 15 is 0 Å². The SMILES string of the molecule is COC(=O)C(C)NCC(=O)NC(N)=O. The van der Waals surface area contributed by atoms with Gasteiger partial charge in [-0.3, -0.25) is 20.2 Å². The third-order valence-electron chi connectivity index (χ3n) is 1.39. The van der Waals surface area contributed by atoms with Crippen LogP contribution in [0.5, 0.6) is 0 Å². The van der Waals surface area contributed by atoms with Crippen molar-refractivity contribution in [1.29, 1.82) is 0 Å². The number of imide groups is 1. The minimum Gasteiger partial charge on any atom is -0.468 e. The Labute approximate surface area is 81.0 Å². The van der Waals surface area contributed by atoms with Gasteiger partial charge >= 0.3 is 12.0 Å². The van der Waals surface area contributed by atoms with Crippen LogP contribution in [0, 0.1) is 0 Å². The Bertz CT molecular complexity index is 241. The van der Waals surface area contributed by atoms with Gasteiger partial charge in [-0.1, -0.05) is 0 Å². The van der Waals surface area contributed by atoms with E-state index in [-0.39, 0.29) is 6.54 Å². The number of methoxy groups -OCH3 is 1. The van der Waals surface area contributed by atoms with E-state index in [4.69, 9.17) is 5.73 Å². The van der Waals surface area contributed by atoms with E-state index in [1.54, 1.807) is 0 Å². The van der Waals surface area contributed by atoms with Crippen molar-refractivity contribution in [1.82, 2.24) is 10.6 Å². The van der Waals surface area contributed by atoms with Crippen LogP contribution in [0.3, 0.4) is 0 Å². The van der Waals surface area contributed by atoms with Crippen molar-refractivity contribution in [3.63, 3.8) is 0 Å². The second kappa shape index (κ2) is 5.92. The molecule has 0 aliphatic heterocycles. The molecule has 0 aromatic carbocycles. The maximum atomic E-state index is 10.8. The first-order valence-corrected chi connectivity index (χ1v) is 3.88. The number of esters is 1. The monoisotopic (exact) mass is 203 g/mol. The lowest BCUT2D eigenvalue weighted by atomic mass is 10.3. The highest BCUT2D eigenvalue weighted by Gasteiger charge is 2.13. The topological polar surface area (TPSA) is 111 Å².